The van der Waals surface area contributed by atoms with Gasteiger partial charge in [0.25, 0.3) is 0 Å². The third-order valence-corrected chi connectivity index (χ3v) is 4.35. The van der Waals surface area contributed by atoms with Crippen LogP contribution in [0.15, 0.2) is 0 Å². The Morgan fingerprint density at radius 1 is 0.633 bits per heavy atom. The number of unbranched alkanes of at least 4 members (excludes halogenated alkanes) is 4. The molecule has 0 unspecified atom stereocenters. The van der Waals surface area contributed by atoms with Crippen LogP contribution < -0.4 is 14.2 Å². The van der Waals surface area contributed by atoms with Crippen molar-refractivity contribution in [2.45, 2.75) is 79.1 Å². The monoisotopic (exact) mass is 426 g/mol. The predicted octanol–water partition coefficient (Wildman–Crippen LogP) is 5.59. The van der Waals surface area contributed by atoms with Gasteiger partial charge in [-0.2, -0.15) is 0 Å². The third kappa shape index (κ3) is 7.50. The summed E-state index contributed by atoms with van der Waals surface area (Å²) in [5, 5.41) is 21.1. The molecule has 1 rings (SSSR count). The molecule has 0 bridgehead atoms. The quantitative estimate of drug-likeness (QED) is 0.202. The van der Waals surface area contributed by atoms with Gasteiger partial charge in [-0.25, -0.2) is 4.79 Å². The Labute approximate surface area is 180 Å². The standard InChI is InChI=1S/C23H38O7/c1-5-9-10-11-12-16-30-23(26)17-18(24)19(25)21(28-14-7-3)22(29-15-8-4)20(17)27-13-6-2/h24-25H,5-16H2,1-4H3. The highest BCUT2D eigenvalue weighted by molar-refractivity contribution is 5.99. The Kier molecular flexibility index (Phi) is 12.6. The van der Waals surface area contributed by atoms with E-state index in [9.17, 15) is 15.0 Å². The summed E-state index contributed by atoms with van der Waals surface area (Å²) in [4.78, 5) is 12.8. The van der Waals surface area contributed by atoms with Crippen molar-refractivity contribution in [2.75, 3.05) is 26.4 Å². The molecule has 0 aliphatic carbocycles. The van der Waals surface area contributed by atoms with Crippen molar-refractivity contribution in [1.29, 1.82) is 0 Å². The van der Waals surface area contributed by atoms with E-state index in [0.717, 1.165) is 32.1 Å². The van der Waals surface area contributed by atoms with E-state index in [1.165, 1.54) is 0 Å². The third-order valence-electron chi connectivity index (χ3n) is 4.35. The number of ether oxygens (including phenoxy) is 4. The lowest BCUT2D eigenvalue weighted by atomic mass is 10.1. The van der Waals surface area contributed by atoms with Gasteiger partial charge in [-0.05, 0) is 25.7 Å². The maximum Gasteiger partial charge on any atom is 0.346 e. The lowest BCUT2D eigenvalue weighted by Crippen LogP contribution is -2.13. The van der Waals surface area contributed by atoms with Gasteiger partial charge < -0.3 is 29.2 Å². The zero-order valence-electron chi connectivity index (χ0n) is 18.9. The van der Waals surface area contributed by atoms with Crippen LogP contribution in [0, 0.1) is 0 Å². The second kappa shape index (κ2) is 14.6. The van der Waals surface area contributed by atoms with Crippen molar-refractivity contribution in [3.63, 3.8) is 0 Å². The fourth-order valence-electron chi connectivity index (χ4n) is 2.80. The van der Waals surface area contributed by atoms with E-state index in [4.69, 9.17) is 18.9 Å². The molecule has 0 atom stereocenters. The first kappa shape index (κ1) is 25.7. The summed E-state index contributed by atoms with van der Waals surface area (Å²) < 4.78 is 22.5. The molecule has 172 valence electrons. The first-order valence-electron chi connectivity index (χ1n) is 11.2. The molecule has 0 fully saturated rings. The number of carbonyl (C=O) groups excluding carboxylic acids is 1. The Hall–Kier alpha value is -2.31. The molecule has 7 heteroatoms. The highest BCUT2D eigenvalue weighted by Crippen LogP contribution is 2.53. The van der Waals surface area contributed by atoms with Crippen LogP contribution in [0.25, 0.3) is 0 Å². The Balaban J connectivity index is 3.23. The second-order valence-electron chi connectivity index (χ2n) is 7.16. The van der Waals surface area contributed by atoms with E-state index in [2.05, 4.69) is 6.92 Å². The van der Waals surface area contributed by atoms with Crippen molar-refractivity contribution in [1.82, 2.24) is 0 Å². The number of hydrogen-bond donors (Lipinski definition) is 2. The fourth-order valence-corrected chi connectivity index (χ4v) is 2.80. The van der Waals surface area contributed by atoms with Crippen molar-refractivity contribution in [2.24, 2.45) is 0 Å². The van der Waals surface area contributed by atoms with Crippen LogP contribution in [0.5, 0.6) is 28.7 Å². The van der Waals surface area contributed by atoms with Crippen LogP contribution in [0.3, 0.4) is 0 Å². The average molecular weight is 427 g/mol. The molecule has 2 N–H and O–H groups in total. The molecule has 1 aromatic carbocycles. The van der Waals surface area contributed by atoms with Gasteiger partial charge in [0.15, 0.2) is 17.1 Å². The topological polar surface area (TPSA) is 94.5 Å². The first-order chi connectivity index (χ1) is 14.5. The minimum absolute atomic E-state index is 0.0231. The molecule has 0 amide bonds. The average Bonchev–Trinajstić information content (AvgIpc) is 2.74. The molecular weight excluding hydrogens is 388 g/mol. The minimum atomic E-state index is -0.757. The number of carbonyl (C=O) groups is 1. The molecule has 0 aliphatic heterocycles. The molecule has 0 spiro atoms. The number of hydrogen-bond acceptors (Lipinski definition) is 7. The van der Waals surface area contributed by atoms with E-state index in [1.54, 1.807) is 0 Å². The number of esters is 1. The van der Waals surface area contributed by atoms with Gasteiger partial charge in [0, 0.05) is 0 Å². The SMILES string of the molecule is CCCCCCCOC(=O)c1c(O)c(O)c(OCCC)c(OCCC)c1OCCC. The summed E-state index contributed by atoms with van der Waals surface area (Å²) in [6, 6.07) is 0. The molecule has 0 saturated heterocycles. The summed E-state index contributed by atoms with van der Waals surface area (Å²) in [7, 11) is 0. The zero-order chi connectivity index (χ0) is 22.4. The maximum atomic E-state index is 12.8. The van der Waals surface area contributed by atoms with Crippen molar-refractivity contribution in [3.05, 3.63) is 5.56 Å². The summed E-state index contributed by atoms with van der Waals surface area (Å²) in [6.45, 7) is 9.10. The van der Waals surface area contributed by atoms with Crippen LogP contribution >= 0.6 is 0 Å². The van der Waals surface area contributed by atoms with Gasteiger partial charge in [0.2, 0.25) is 17.2 Å². The van der Waals surface area contributed by atoms with E-state index >= 15 is 0 Å². The van der Waals surface area contributed by atoms with Crippen LogP contribution in [0.2, 0.25) is 0 Å². The molecule has 0 aromatic heterocycles. The highest BCUT2D eigenvalue weighted by Gasteiger charge is 2.32. The molecule has 7 nitrogen and oxygen atoms in total. The smallest absolute Gasteiger partial charge is 0.346 e. The van der Waals surface area contributed by atoms with Gasteiger partial charge in [0.05, 0.1) is 26.4 Å². The van der Waals surface area contributed by atoms with E-state index in [-0.39, 0.29) is 29.4 Å². The van der Waals surface area contributed by atoms with E-state index < -0.39 is 17.5 Å². The van der Waals surface area contributed by atoms with Gasteiger partial charge in [0.1, 0.15) is 0 Å². The van der Waals surface area contributed by atoms with Crippen LogP contribution in [-0.4, -0.2) is 42.6 Å². The molecule has 1 aromatic rings. The largest absolute Gasteiger partial charge is 0.503 e. The van der Waals surface area contributed by atoms with Crippen molar-refractivity contribution < 1.29 is 34.0 Å². The fraction of sp³-hybridized carbons (Fsp3) is 0.696. The summed E-state index contributed by atoms with van der Waals surface area (Å²) in [6.07, 6.45) is 7.16. The number of phenolic OH excluding ortho intramolecular Hbond substituents is 2. The number of benzene rings is 1. The Morgan fingerprint density at radius 2 is 1.17 bits per heavy atom. The normalized spacial score (nSPS) is 10.7. The molecule has 30 heavy (non-hydrogen) atoms. The van der Waals surface area contributed by atoms with Crippen LogP contribution in [-0.2, 0) is 4.74 Å². The lowest BCUT2D eigenvalue weighted by Gasteiger charge is -2.21. The molecule has 0 heterocycles. The summed E-state index contributed by atoms with van der Waals surface area (Å²) in [5.74, 6) is -1.79. The van der Waals surface area contributed by atoms with Gasteiger partial charge >= 0.3 is 5.97 Å². The Morgan fingerprint density at radius 3 is 1.73 bits per heavy atom. The number of phenols is 2. The minimum Gasteiger partial charge on any atom is -0.503 e. The number of rotatable bonds is 16. The van der Waals surface area contributed by atoms with Crippen molar-refractivity contribution >= 4 is 5.97 Å². The first-order valence-corrected chi connectivity index (χ1v) is 11.2. The van der Waals surface area contributed by atoms with E-state index in [0.29, 0.717) is 39.1 Å². The van der Waals surface area contributed by atoms with Gasteiger partial charge in [-0.15, -0.1) is 0 Å². The highest BCUT2D eigenvalue weighted by atomic mass is 16.6. The van der Waals surface area contributed by atoms with Crippen LogP contribution in [0.1, 0.15) is 89.4 Å². The second-order valence-corrected chi connectivity index (χ2v) is 7.16. The van der Waals surface area contributed by atoms with E-state index in [1.807, 2.05) is 20.8 Å². The zero-order valence-corrected chi connectivity index (χ0v) is 18.9. The number of aromatic hydroxyl groups is 2. The summed E-state index contributed by atoms with van der Waals surface area (Å²) >= 11 is 0. The summed E-state index contributed by atoms with van der Waals surface area (Å²) in [5.41, 5.74) is -0.232. The van der Waals surface area contributed by atoms with Crippen molar-refractivity contribution in [3.8, 4) is 28.7 Å². The molecule has 0 aliphatic rings. The lowest BCUT2D eigenvalue weighted by molar-refractivity contribution is 0.0487. The van der Waals surface area contributed by atoms with Gasteiger partial charge in [-0.3, -0.25) is 0 Å². The predicted molar refractivity (Wildman–Crippen MR) is 116 cm³/mol. The van der Waals surface area contributed by atoms with Crippen LogP contribution in [0.4, 0.5) is 0 Å². The maximum absolute atomic E-state index is 12.8. The Bertz CT molecular complexity index is 643. The molecular formula is C23H38O7. The molecule has 0 radical (unpaired) electrons. The van der Waals surface area contributed by atoms with Gasteiger partial charge in [-0.1, -0.05) is 53.4 Å². The molecule has 0 saturated carbocycles.